The van der Waals surface area contributed by atoms with Gasteiger partial charge in [0.05, 0.1) is 19.6 Å². The molecular formula is C13H35B2N2O+. The summed E-state index contributed by atoms with van der Waals surface area (Å²) in [6, 6.07) is 0. The van der Waals surface area contributed by atoms with E-state index in [2.05, 4.69) is 48.4 Å². The Morgan fingerprint density at radius 3 is 1.44 bits per heavy atom. The van der Waals surface area contributed by atoms with Gasteiger partial charge >= 0.3 is 7.05 Å². The predicted octanol–water partition coefficient (Wildman–Crippen LogP) is 1.87. The second kappa shape index (κ2) is 8.23. The molecule has 108 valence electrons. The highest BCUT2D eigenvalue weighted by molar-refractivity contribution is 6.49. The molecule has 0 bridgehead atoms. The Balaban J connectivity index is 4.60. The number of nitrogens with zero attached hydrogens (tertiary/aromatic N) is 2. The van der Waals surface area contributed by atoms with Crippen molar-refractivity contribution in [1.82, 2.24) is 0 Å². The Kier molecular flexibility index (Phi) is 8.24. The van der Waals surface area contributed by atoms with Crippen molar-refractivity contribution >= 4 is 14.7 Å². The molecule has 0 amide bonds. The highest BCUT2D eigenvalue weighted by Crippen LogP contribution is 2.13. The molecule has 0 rings (SSSR count). The normalized spacial score (nSPS) is 12.8. The molecule has 0 aromatic rings. The van der Waals surface area contributed by atoms with Crippen molar-refractivity contribution in [3.8, 4) is 0 Å². The lowest BCUT2D eigenvalue weighted by Gasteiger charge is -2.47. The Labute approximate surface area is 116 Å². The maximum absolute atomic E-state index is 6.39. The van der Waals surface area contributed by atoms with Gasteiger partial charge in [-0.2, -0.15) is 0 Å². The second-order valence-corrected chi connectivity index (χ2v) is 5.75. The Morgan fingerprint density at radius 1 is 0.778 bits per heavy atom. The van der Waals surface area contributed by atoms with E-state index in [0.717, 1.165) is 4.39 Å². The zero-order valence-corrected chi connectivity index (χ0v) is 14.1. The Hall–Kier alpha value is 0.00987. The van der Waals surface area contributed by atoms with Crippen LogP contribution in [0.2, 0.25) is 6.82 Å². The smallest absolute Gasteiger partial charge is 0.529 e. The molecule has 0 fully saturated rings. The monoisotopic (exact) mass is 257 g/mol. The standard InChI is InChI=1S/C13H35B2N2O/c1-8-16(9-2,10-3)14-18-15(7)17(11-4,12-5)13-6/h8-14H2,1-7H3/q+1. The highest BCUT2D eigenvalue weighted by atomic mass is 16.4. The van der Waals surface area contributed by atoms with E-state index < -0.39 is 0 Å². The van der Waals surface area contributed by atoms with Gasteiger partial charge in [0, 0.05) is 26.5 Å². The lowest BCUT2D eigenvalue weighted by Crippen LogP contribution is -2.61. The van der Waals surface area contributed by atoms with E-state index in [1.807, 2.05) is 0 Å². The molecule has 0 unspecified atom stereocenters. The zero-order valence-electron chi connectivity index (χ0n) is 14.1. The molecule has 0 saturated carbocycles. The molecule has 5 heteroatoms. The van der Waals surface area contributed by atoms with E-state index >= 15 is 0 Å². The lowest BCUT2D eigenvalue weighted by atomic mass is 9.77. The molecule has 0 aliphatic heterocycles. The topological polar surface area (TPSA) is 9.23 Å². The molecule has 0 heterocycles. The van der Waals surface area contributed by atoms with E-state index in [1.165, 1.54) is 43.7 Å². The maximum Gasteiger partial charge on any atom is 0.529 e. The molecule has 0 N–H and O–H groups in total. The van der Waals surface area contributed by atoms with Crippen LogP contribution in [0.1, 0.15) is 41.5 Å². The summed E-state index contributed by atoms with van der Waals surface area (Å²) in [7, 11) is -0.0244. The van der Waals surface area contributed by atoms with Crippen LogP contribution in [-0.4, -0.2) is 62.7 Å². The molecule has 0 saturated heterocycles. The molecule has 0 radical (unpaired) electrons. The fourth-order valence-electron chi connectivity index (χ4n) is 3.10. The van der Waals surface area contributed by atoms with E-state index in [4.69, 9.17) is 4.57 Å². The third-order valence-electron chi connectivity index (χ3n) is 5.78. The van der Waals surface area contributed by atoms with Crippen molar-refractivity contribution in [2.24, 2.45) is 0 Å². The largest absolute Gasteiger partial charge is 0.557 e. The van der Waals surface area contributed by atoms with Crippen LogP contribution in [0, 0.1) is 0 Å². The van der Waals surface area contributed by atoms with Gasteiger partial charge in [0.15, 0.2) is 0 Å². The molecule has 0 atom stereocenters. The molecular weight excluding hydrogens is 222 g/mol. The van der Waals surface area contributed by atoms with Crippen molar-refractivity contribution in [3.63, 3.8) is 0 Å². The molecule has 0 aromatic heterocycles. The van der Waals surface area contributed by atoms with Crippen LogP contribution in [-0.2, 0) is 4.57 Å². The van der Waals surface area contributed by atoms with Crippen molar-refractivity contribution < 1.29 is 13.4 Å². The fraction of sp³-hybridized carbons (Fsp3) is 1.00. The van der Waals surface area contributed by atoms with Gasteiger partial charge in [-0.05, 0) is 41.5 Å². The first-order chi connectivity index (χ1) is 8.49. The van der Waals surface area contributed by atoms with E-state index in [9.17, 15) is 0 Å². The summed E-state index contributed by atoms with van der Waals surface area (Å²) in [6.45, 7) is 23.2. The zero-order chi connectivity index (χ0) is 14.2. The van der Waals surface area contributed by atoms with Crippen LogP contribution in [0.5, 0.6) is 0 Å². The Morgan fingerprint density at radius 2 is 1.17 bits per heavy atom. The molecule has 0 aromatic carbocycles. The van der Waals surface area contributed by atoms with Gasteiger partial charge < -0.3 is 13.4 Å². The quantitative estimate of drug-likeness (QED) is 0.543. The number of hydrogen-bond donors (Lipinski definition) is 0. The van der Waals surface area contributed by atoms with Gasteiger partial charge in [-0.1, -0.05) is 0 Å². The minimum atomic E-state index is -0.378. The van der Waals surface area contributed by atoms with Crippen LogP contribution in [0.15, 0.2) is 0 Å². The van der Waals surface area contributed by atoms with Crippen LogP contribution in [0.4, 0.5) is 0 Å². The minimum Gasteiger partial charge on any atom is -0.557 e. The van der Waals surface area contributed by atoms with Gasteiger partial charge in [-0.3, -0.25) is 0 Å². The lowest BCUT2D eigenvalue weighted by molar-refractivity contribution is -0.836. The number of rotatable bonds is 10. The number of hydrogen-bond acceptors (Lipinski definition) is 1. The predicted molar refractivity (Wildman–Crippen MR) is 85.0 cm³/mol. The molecule has 0 aliphatic carbocycles. The summed E-state index contributed by atoms with van der Waals surface area (Å²) in [6.07, 6.45) is 0. The van der Waals surface area contributed by atoms with Crippen molar-refractivity contribution in [2.45, 2.75) is 48.4 Å². The van der Waals surface area contributed by atoms with Crippen LogP contribution < -0.4 is 0 Å². The van der Waals surface area contributed by atoms with E-state index in [0.29, 0.717) is 7.05 Å². The third kappa shape index (κ3) is 4.01. The van der Waals surface area contributed by atoms with Gasteiger partial charge in [0.2, 0.25) is 0 Å². The third-order valence-corrected chi connectivity index (χ3v) is 5.78. The van der Waals surface area contributed by atoms with E-state index in [1.54, 1.807) is 0 Å². The summed E-state index contributed by atoms with van der Waals surface area (Å²) in [5, 5.41) is 0. The molecule has 3 nitrogen and oxygen atoms in total. The summed E-state index contributed by atoms with van der Waals surface area (Å²) >= 11 is 0. The van der Waals surface area contributed by atoms with Gasteiger partial charge in [-0.25, -0.2) is 0 Å². The van der Waals surface area contributed by atoms with Crippen molar-refractivity contribution in [3.05, 3.63) is 0 Å². The van der Waals surface area contributed by atoms with Gasteiger partial charge in [-0.15, -0.1) is 0 Å². The van der Waals surface area contributed by atoms with Gasteiger partial charge in [0.25, 0.3) is 7.62 Å². The Bertz CT molecular complexity index is 203. The molecule has 0 aliphatic rings. The highest BCUT2D eigenvalue weighted by Gasteiger charge is 2.35. The van der Waals surface area contributed by atoms with Crippen LogP contribution in [0.25, 0.3) is 0 Å². The minimum absolute atomic E-state index is 0.354. The summed E-state index contributed by atoms with van der Waals surface area (Å²) in [5.74, 6) is 0. The molecule has 18 heavy (non-hydrogen) atoms. The second-order valence-electron chi connectivity index (χ2n) is 5.75. The average Bonchev–Trinajstić information content (AvgIpc) is 2.43. The summed E-state index contributed by atoms with van der Waals surface area (Å²) < 4.78 is 8.68. The van der Waals surface area contributed by atoms with Crippen LogP contribution >= 0.6 is 0 Å². The summed E-state index contributed by atoms with van der Waals surface area (Å²) in [4.78, 5) is 0. The first kappa shape index (κ1) is 18.0. The average molecular weight is 257 g/mol. The van der Waals surface area contributed by atoms with Crippen LogP contribution in [0.3, 0.4) is 0 Å². The maximum atomic E-state index is 6.39. The first-order valence-corrected chi connectivity index (χ1v) is 8.07. The fourth-order valence-corrected chi connectivity index (χ4v) is 3.10. The van der Waals surface area contributed by atoms with E-state index in [-0.39, 0.29) is 7.62 Å². The van der Waals surface area contributed by atoms with Gasteiger partial charge in [0.1, 0.15) is 0 Å². The van der Waals surface area contributed by atoms with Crippen molar-refractivity contribution in [1.29, 1.82) is 0 Å². The molecule has 0 spiro atoms. The summed E-state index contributed by atoms with van der Waals surface area (Å²) in [5.41, 5.74) is 0. The first-order valence-electron chi connectivity index (χ1n) is 8.07. The van der Waals surface area contributed by atoms with Crippen molar-refractivity contribution in [2.75, 3.05) is 39.3 Å². The number of quaternary nitrogens is 2. The SMILES string of the molecule is CC[N+]([BH2-]OB(C)[N+](CC)(CC)CC)(CC)CC.